The van der Waals surface area contributed by atoms with Crippen LogP contribution in [0.5, 0.6) is 5.75 Å². The third-order valence-corrected chi connectivity index (χ3v) is 3.89. The van der Waals surface area contributed by atoms with Gasteiger partial charge in [-0.05, 0) is 24.3 Å². The average molecular weight is 301 g/mol. The van der Waals surface area contributed by atoms with E-state index >= 15 is 0 Å². The van der Waals surface area contributed by atoms with E-state index in [-0.39, 0.29) is 0 Å². The lowest BCUT2D eigenvalue weighted by Gasteiger charge is -2.05. The predicted octanol–water partition coefficient (Wildman–Crippen LogP) is 3.25. The number of hydrogen-bond acceptors (Lipinski definition) is 5. The van der Waals surface area contributed by atoms with Crippen LogP contribution in [0.25, 0.3) is 11.6 Å². The monoisotopic (exact) mass is 301 g/mol. The predicted molar refractivity (Wildman–Crippen MR) is 81.4 cm³/mol. The van der Waals surface area contributed by atoms with Crippen molar-refractivity contribution < 1.29 is 9.15 Å². The second kappa shape index (κ2) is 6.49. The van der Waals surface area contributed by atoms with Crippen LogP contribution in [0.15, 0.2) is 58.3 Å². The Hall–Kier alpha value is -2.21. The van der Waals surface area contributed by atoms with Gasteiger partial charge in [0.1, 0.15) is 5.75 Å². The number of thioether (sulfide) groups is 1. The maximum atomic E-state index is 5.65. The molecule has 0 N–H and O–H groups in total. The van der Waals surface area contributed by atoms with Gasteiger partial charge >= 0.3 is 0 Å². The summed E-state index contributed by atoms with van der Waals surface area (Å²) >= 11 is 1.61. The second-order valence-electron chi connectivity index (χ2n) is 4.35. The molecule has 0 aliphatic carbocycles. The van der Waals surface area contributed by atoms with Gasteiger partial charge in [-0.25, -0.2) is 0 Å². The third-order valence-electron chi connectivity index (χ3n) is 2.90. The van der Waals surface area contributed by atoms with E-state index in [0.29, 0.717) is 6.61 Å². The zero-order valence-corrected chi connectivity index (χ0v) is 12.4. The Morgan fingerprint density at radius 2 is 2.00 bits per heavy atom. The van der Waals surface area contributed by atoms with Gasteiger partial charge in [-0.15, -0.1) is 10.2 Å². The van der Waals surface area contributed by atoms with Crippen LogP contribution in [0.4, 0.5) is 0 Å². The Kier molecular flexibility index (Phi) is 4.25. The molecule has 0 amide bonds. The highest BCUT2D eigenvalue weighted by Gasteiger charge is 2.12. The highest BCUT2D eigenvalue weighted by atomic mass is 32.2. The lowest BCUT2D eigenvalue weighted by molar-refractivity contribution is 0.344. The van der Waals surface area contributed by atoms with Crippen LogP contribution < -0.4 is 4.74 Å². The van der Waals surface area contributed by atoms with Crippen LogP contribution in [0.2, 0.25) is 0 Å². The molecule has 0 radical (unpaired) electrons. The first-order chi connectivity index (χ1) is 10.3. The number of ether oxygens (including phenoxy) is 1. The van der Waals surface area contributed by atoms with Crippen LogP contribution in [-0.2, 0) is 7.05 Å². The molecule has 0 unspecified atom stereocenters. The zero-order chi connectivity index (χ0) is 14.5. The Bertz CT molecular complexity index is 680. The van der Waals surface area contributed by atoms with E-state index < -0.39 is 0 Å². The lowest BCUT2D eigenvalue weighted by atomic mass is 10.3. The van der Waals surface area contributed by atoms with E-state index in [2.05, 4.69) is 10.2 Å². The summed E-state index contributed by atoms with van der Waals surface area (Å²) in [6, 6.07) is 13.5. The molecular formula is C15H15N3O2S. The Morgan fingerprint density at radius 3 is 2.76 bits per heavy atom. The van der Waals surface area contributed by atoms with Crippen LogP contribution in [0.1, 0.15) is 0 Å². The van der Waals surface area contributed by atoms with Crippen LogP contribution in [-0.4, -0.2) is 27.1 Å². The molecular weight excluding hydrogens is 286 g/mol. The number of benzene rings is 1. The number of rotatable bonds is 6. The number of hydrogen-bond donors (Lipinski definition) is 0. The molecule has 0 aliphatic rings. The molecule has 21 heavy (non-hydrogen) atoms. The minimum absolute atomic E-state index is 0.623. The van der Waals surface area contributed by atoms with Crippen molar-refractivity contribution in [1.29, 1.82) is 0 Å². The molecule has 0 atom stereocenters. The molecule has 0 fully saturated rings. The molecule has 5 nitrogen and oxygen atoms in total. The maximum absolute atomic E-state index is 5.65. The molecule has 3 rings (SSSR count). The number of furan rings is 1. The van der Waals surface area contributed by atoms with Crippen molar-refractivity contribution in [3.05, 3.63) is 48.7 Å². The summed E-state index contributed by atoms with van der Waals surface area (Å²) in [6.07, 6.45) is 1.63. The average Bonchev–Trinajstić information content (AvgIpc) is 3.15. The van der Waals surface area contributed by atoms with Gasteiger partial charge in [-0.3, -0.25) is 0 Å². The fraction of sp³-hybridized carbons (Fsp3) is 0.200. The van der Waals surface area contributed by atoms with Gasteiger partial charge in [-0.2, -0.15) is 0 Å². The van der Waals surface area contributed by atoms with Crippen molar-refractivity contribution in [2.24, 2.45) is 7.05 Å². The van der Waals surface area contributed by atoms with Crippen LogP contribution in [0, 0.1) is 0 Å². The summed E-state index contributed by atoms with van der Waals surface area (Å²) in [5, 5.41) is 9.17. The number of aromatic nitrogens is 3. The fourth-order valence-corrected chi connectivity index (χ4v) is 2.60. The van der Waals surface area contributed by atoms with E-state index in [4.69, 9.17) is 9.15 Å². The molecule has 0 saturated carbocycles. The van der Waals surface area contributed by atoms with Crippen molar-refractivity contribution >= 4 is 11.8 Å². The van der Waals surface area contributed by atoms with Gasteiger partial charge in [0, 0.05) is 12.8 Å². The van der Waals surface area contributed by atoms with Crippen molar-refractivity contribution in [2.75, 3.05) is 12.4 Å². The normalized spacial score (nSPS) is 10.7. The van der Waals surface area contributed by atoms with E-state index in [1.54, 1.807) is 18.0 Å². The molecule has 2 heterocycles. The summed E-state index contributed by atoms with van der Waals surface area (Å²) in [7, 11) is 1.93. The zero-order valence-electron chi connectivity index (χ0n) is 11.6. The first kappa shape index (κ1) is 13.8. The minimum atomic E-state index is 0.623. The van der Waals surface area contributed by atoms with E-state index in [9.17, 15) is 0 Å². The van der Waals surface area contributed by atoms with Gasteiger partial charge < -0.3 is 13.7 Å². The summed E-state index contributed by atoms with van der Waals surface area (Å²) in [4.78, 5) is 0. The minimum Gasteiger partial charge on any atom is -0.493 e. The van der Waals surface area contributed by atoms with Crippen LogP contribution >= 0.6 is 11.8 Å². The van der Waals surface area contributed by atoms with Gasteiger partial charge in [-0.1, -0.05) is 30.0 Å². The van der Waals surface area contributed by atoms with E-state index in [1.807, 2.05) is 54.1 Å². The van der Waals surface area contributed by atoms with Crippen molar-refractivity contribution in [3.8, 4) is 17.3 Å². The summed E-state index contributed by atoms with van der Waals surface area (Å²) in [5.74, 6) is 3.13. The number of nitrogens with zero attached hydrogens (tertiary/aromatic N) is 3. The van der Waals surface area contributed by atoms with Gasteiger partial charge in [0.25, 0.3) is 0 Å². The molecule has 3 aromatic rings. The molecule has 0 bridgehead atoms. The molecule has 1 aromatic carbocycles. The molecule has 108 valence electrons. The third kappa shape index (κ3) is 3.28. The molecule has 0 spiro atoms. The van der Waals surface area contributed by atoms with Gasteiger partial charge in [0.2, 0.25) is 0 Å². The Balaban J connectivity index is 1.54. The van der Waals surface area contributed by atoms with E-state index in [0.717, 1.165) is 28.2 Å². The van der Waals surface area contributed by atoms with Gasteiger partial charge in [0.15, 0.2) is 16.7 Å². The summed E-state index contributed by atoms with van der Waals surface area (Å²) in [6.45, 7) is 0.623. The van der Waals surface area contributed by atoms with E-state index in [1.165, 1.54) is 0 Å². The SMILES string of the molecule is Cn1c(SCCOc2ccccc2)nnc1-c1ccco1. The van der Waals surface area contributed by atoms with Gasteiger partial charge in [0.05, 0.1) is 12.9 Å². The largest absolute Gasteiger partial charge is 0.493 e. The second-order valence-corrected chi connectivity index (χ2v) is 5.41. The quantitative estimate of drug-likeness (QED) is 0.517. The molecule has 0 aliphatic heterocycles. The molecule has 0 saturated heterocycles. The first-order valence-electron chi connectivity index (χ1n) is 6.58. The summed E-state index contributed by atoms with van der Waals surface area (Å²) in [5.41, 5.74) is 0. The van der Waals surface area contributed by atoms with Crippen molar-refractivity contribution in [1.82, 2.24) is 14.8 Å². The topological polar surface area (TPSA) is 53.1 Å². The summed E-state index contributed by atoms with van der Waals surface area (Å²) < 4.78 is 12.9. The molecule has 2 aromatic heterocycles. The Morgan fingerprint density at radius 1 is 1.14 bits per heavy atom. The molecule has 6 heteroatoms. The lowest BCUT2D eigenvalue weighted by Crippen LogP contribution is -2.01. The first-order valence-corrected chi connectivity index (χ1v) is 7.57. The Labute approximate surface area is 126 Å². The highest BCUT2D eigenvalue weighted by Crippen LogP contribution is 2.22. The fourth-order valence-electron chi connectivity index (χ4n) is 1.87. The number of para-hydroxylation sites is 1. The maximum Gasteiger partial charge on any atom is 0.200 e. The highest BCUT2D eigenvalue weighted by molar-refractivity contribution is 7.99. The van der Waals surface area contributed by atoms with Crippen LogP contribution in [0.3, 0.4) is 0 Å². The smallest absolute Gasteiger partial charge is 0.200 e. The standard InChI is InChI=1S/C15H15N3O2S/c1-18-14(13-8-5-9-20-13)16-17-15(18)21-11-10-19-12-6-3-2-4-7-12/h2-9H,10-11H2,1H3. The van der Waals surface area contributed by atoms with Crippen molar-refractivity contribution in [2.45, 2.75) is 5.16 Å². The van der Waals surface area contributed by atoms with Crippen molar-refractivity contribution in [3.63, 3.8) is 0 Å².